The molecule has 0 atom stereocenters. The molecule has 3 rings (SSSR count). The van der Waals surface area contributed by atoms with Gasteiger partial charge in [-0.15, -0.1) is 0 Å². The van der Waals surface area contributed by atoms with E-state index in [1.807, 2.05) is 54.6 Å². The fourth-order valence-electron chi connectivity index (χ4n) is 1.92. The molecule has 2 heterocycles. The minimum absolute atomic E-state index is 0.523. The summed E-state index contributed by atoms with van der Waals surface area (Å²) < 4.78 is 5.74. The van der Waals surface area contributed by atoms with E-state index in [0.29, 0.717) is 11.4 Å². The Balaban J connectivity index is 1.80. The fraction of sp³-hybridized carbons (Fsp3) is 0. The normalized spacial score (nSPS) is 10.6. The van der Waals surface area contributed by atoms with Crippen LogP contribution in [0.4, 0.5) is 5.69 Å². The fourth-order valence-corrected chi connectivity index (χ4v) is 1.92. The average molecular weight is 272 g/mol. The zero-order valence-electron chi connectivity index (χ0n) is 11.2. The summed E-state index contributed by atoms with van der Waals surface area (Å²) in [6.45, 7) is 6.91. The minimum atomic E-state index is 0.523. The first-order chi connectivity index (χ1) is 10.3. The van der Waals surface area contributed by atoms with Gasteiger partial charge in [0, 0.05) is 6.20 Å². The molecule has 0 saturated heterocycles. The predicted molar refractivity (Wildman–Crippen MR) is 83.6 cm³/mol. The largest absolute Gasteiger partial charge is 0.455 e. The topological polar surface area (TPSA) is 30.4 Å². The highest BCUT2D eigenvalue weighted by Crippen LogP contribution is 2.23. The molecule has 0 amide bonds. The maximum Gasteiger partial charge on any atom is 0.205 e. The molecule has 3 heteroatoms. The van der Waals surface area contributed by atoms with Crippen LogP contribution in [0.15, 0.2) is 65.2 Å². The van der Waals surface area contributed by atoms with E-state index in [1.165, 1.54) is 0 Å². The van der Waals surface area contributed by atoms with Crippen LogP contribution < -0.4 is 0 Å². The number of aromatic nitrogens is 1. The first kappa shape index (κ1) is 12.9. The van der Waals surface area contributed by atoms with Crippen LogP contribution in [0.25, 0.3) is 28.5 Å². The highest BCUT2D eigenvalue weighted by Gasteiger charge is 2.04. The van der Waals surface area contributed by atoms with E-state index in [2.05, 4.69) is 9.83 Å². The van der Waals surface area contributed by atoms with E-state index in [4.69, 9.17) is 11.0 Å². The first-order valence-corrected chi connectivity index (χ1v) is 6.52. The molecule has 100 valence electrons. The quantitative estimate of drug-likeness (QED) is 0.624. The van der Waals surface area contributed by atoms with Gasteiger partial charge in [-0.3, -0.25) is 4.98 Å². The maximum absolute atomic E-state index is 6.91. The second-order valence-corrected chi connectivity index (χ2v) is 4.46. The van der Waals surface area contributed by atoms with E-state index in [9.17, 15) is 0 Å². The molecule has 0 bridgehead atoms. The molecule has 0 unspecified atom stereocenters. The van der Waals surface area contributed by atoms with Crippen molar-refractivity contribution in [3.8, 4) is 11.5 Å². The molecule has 2 aromatic heterocycles. The standard InChI is InChI=1S/C18H12N2O/c1-19-15-8-11-17(20-13-15)18-12-10-16(21-18)9-7-14-5-3-2-4-6-14/h2-13H/b9-7+. The van der Waals surface area contributed by atoms with Crippen LogP contribution >= 0.6 is 0 Å². The smallest absolute Gasteiger partial charge is 0.205 e. The Morgan fingerprint density at radius 2 is 1.81 bits per heavy atom. The lowest BCUT2D eigenvalue weighted by atomic mass is 10.2. The van der Waals surface area contributed by atoms with Crippen molar-refractivity contribution in [2.24, 2.45) is 0 Å². The van der Waals surface area contributed by atoms with Gasteiger partial charge in [0.25, 0.3) is 0 Å². The molecule has 0 spiro atoms. The number of hydrogen-bond donors (Lipinski definition) is 0. The van der Waals surface area contributed by atoms with Crippen LogP contribution in [-0.4, -0.2) is 4.98 Å². The summed E-state index contributed by atoms with van der Waals surface area (Å²) in [5.41, 5.74) is 2.37. The van der Waals surface area contributed by atoms with Crippen molar-refractivity contribution in [3.05, 3.63) is 83.5 Å². The highest BCUT2D eigenvalue weighted by atomic mass is 16.3. The van der Waals surface area contributed by atoms with Gasteiger partial charge in [-0.1, -0.05) is 42.5 Å². The molecule has 0 N–H and O–H groups in total. The van der Waals surface area contributed by atoms with E-state index < -0.39 is 0 Å². The molecule has 0 aliphatic rings. The van der Waals surface area contributed by atoms with Crippen molar-refractivity contribution >= 4 is 17.8 Å². The van der Waals surface area contributed by atoms with Crippen LogP contribution in [0.2, 0.25) is 0 Å². The summed E-state index contributed by atoms with van der Waals surface area (Å²) in [7, 11) is 0. The van der Waals surface area contributed by atoms with Gasteiger partial charge in [0.05, 0.1) is 6.57 Å². The SMILES string of the molecule is [C-]#[N+]c1ccc(-c2ccc(/C=C/c3ccccc3)o2)nc1. The third-order valence-electron chi connectivity index (χ3n) is 3.00. The first-order valence-electron chi connectivity index (χ1n) is 6.52. The van der Waals surface area contributed by atoms with Gasteiger partial charge in [0.15, 0.2) is 5.76 Å². The Morgan fingerprint density at radius 1 is 0.952 bits per heavy atom. The Kier molecular flexibility index (Phi) is 3.62. The van der Waals surface area contributed by atoms with Crippen molar-refractivity contribution in [2.75, 3.05) is 0 Å². The molecule has 3 nitrogen and oxygen atoms in total. The molecular formula is C18H12N2O. The summed E-state index contributed by atoms with van der Waals surface area (Å²) in [6, 6.07) is 17.3. The van der Waals surface area contributed by atoms with E-state index >= 15 is 0 Å². The zero-order chi connectivity index (χ0) is 14.5. The van der Waals surface area contributed by atoms with Crippen molar-refractivity contribution in [1.82, 2.24) is 4.98 Å². The van der Waals surface area contributed by atoms with Crippen LogP contribution in [0, 0.1) is 6.57 Å². The number of benzene rings is 1. The third-order valence-corrected chi connectivity index (χ3v) is 3.00. The van der Waals surface area contributed by atoms with Crippen molar-refractivity contribution < 1.29 is 4.42 Å². The summed E-state index contributed by atoms with van der Waals surface area (Å²) in [4.78, 5) is 7.54. The summed E-state index contributed by atoms with van der Waals surface area (Å²) in [5, 5.41) is 0. The van der Waals surface area contributed by atoms with Crippen molar-refractivity contribution in [1.29, 1.82) is 0 Å². The lowest BCUT2D eigenvalue weighted by molar-refractivity contribution is 0.570. The molecule has 3 aromatic rings. The van der Waals surface area contributed by atoms with Gasteiger partial charge in [-0.05, 0) is 29.8 Å². The van der Waals surface area contributed by atoms with Crippen LogP contribution in [0.1, 0.15) is 11.3 Å². The lowest BCUT2D eigenvalue weighted by Crippen LogP contribution is -1.78. The summed E-state index contributed by atoms with van der Waals surface area (Å²) in [6.07, 6.45) is 5.47. The van der Waals surface area contributed by atoms with Crippen LogP contribution in [-0.2, 0) is 0 Å². The molecule has 0 radical (unpaired) electrons. The van der Waals surface area contributed by atoms with E-state index in [1.54, 1.807) is 18.3 Å². The monoisotopic (exact) mass is 272 g/mol. The van der Waals surface area contributed by atoms with E-state index in [-0.39, 0.29) is 0 Å². The van der Waals surface area contributed by atoms with Crippen molar-refractivity contribution in [3.63, 3.8) is 0 Å². The Bertz CT molecular complexity index is 793. The van der Waals surface area contributed by atoms with Gasteiger partial charge in [0.2, 0.25) is 5.69 Å². The molecule has 0 fully saturated rings. The molecule has 21 heavy (non-hydrogen) atoms. The second kappa shape index (κ2) is 5.89. The summed E-state index contributed by atoms with van der Waals surface area (Å²) >= 11 is 0. The maximum atomic E-state index is 6.91. The number of nitrogens with zero attached hydrogens (tertiary/aromatic N) is 2. The van der Waals surface area contributed by atoms with Gasteiger partial charge in [-0.2, -0.15) is 0 Å². The van der Waals surface area contributed by atoms with Crippen LogP contribution in [0.5, 0.6) is 0 Å². The van der Waals surface area contributed by atoms with Gasteiger partial charge >= 0.3 is 0 Å². The zero-order valence-corrected chi connectivity index (χ0v) is 11.2. The Hall–Kier alpha value is -3.12. The number of pyridine rings is 1. The third kappa shape index (κ3) is 3.07. The van der Waals surface area contributed by atoms with Crippen molar-refractivity contribution in [2.45, 2.75) is 0 Å². The summed E-state index contributed by atoms with van der Waals surface area (Å²) in [5.74, 6) is 1.46. The lowest BCUT2D eigenvalue weighted by Gasteiger charge is -1.95. The molecule has 1 aromatic carbocycles. The number of rotatable bonds is 3. The predicted octanol–water partition coefficient (Wildman–Crippen LogP) is 5.06. The number of hydrogen-bond acceptors (Lipinski definition) is 2. The molecule has 0 aliphatic heterocycles. The molecule has 0 saturated carbocycles. The molecular weight excluding hydrogens is 260 g/mol. The van der Waals surface area contributed by atoms with Gasteiger partial charge in [0.1, 0.15) is 11.5 Å². The van der Waals surface area contributed by atoms with E-state index in [0.717, 1.165) is 17.0 Å². The highest BCUT2D eigenvalue weighted by molar-refractivity contribution is 5.68. The van der Waals surface area contributed by atoms with Crippen LogP contribution in [0.3, 0.4) is 0 Å². The number of furan rings is 1. The Labute approximate surface area is 123 Å². The second-order valence-electron chi connectivity index (χ2n) is 4.46. The Morgan fingerprint density at radius 3 is 2.52 bits per heavy atom. The molecule has 0 aliphatic carbocycles. The van der Waals surface area contributed by atoms with Gasteiger partial charge < -0.3 is 4.42 Å². The average Bonchev–Trinajstić information content (AvgIpc) is 3.03. The van der Waals surface area contributed by atoms with Gasteiger partial charge in [-0.25, -0.2) is 4.85 Å². The minimum Gasteiger partial charge on any atom is -0.455 e.